The van der Waals surface area contributed by atoms with Crippen molar-refractivity contribution >= 4 is 40.2 Å². The number of ether oxygens (including phenoxy) is 2. The molecule has 354 valence electrons. The van der Waals surface area contributed by atoms with Crippen molar-refractivity contribution in [3.05, 3.63) is 62.9 Å². The standard InChI is InChI=1S/C45H76N6O10Si2/c1-28(2)27-30(48-42(57)59-43(3,4)5)38(54)47-24-18-23-46-33(39(55)50-25-21-29-19-16-17-20-31(29)50)34(53)35-36(60-62(12,13)44(6,7)8)37(61-63(14,15)45(9,10)11)40(58-35)51-26-22-32(52)49-41(51)56/h16-17,19-20,22,26,28,30,33-37,40,46,53H,18,21,23-25,27H2,1-15H3,(H,47,54)(H,48,57)(H,49,52,56)/t30-,33-,34-,35+,36+,37+,40+/m0/s1. The molecular weight excluding hydrogens is 841 g/mol. The van der Waals surface area contributed by atoms with Crippen LogP contribution in [0, 0.1) is 5.92 Å². The number of amides is 3. The van der Waals surface area contributed by atoms with Crippen molar-refractivity contribution in [2.45, 2.75) is 180 Å². The van der Waals surface area contributed by atoms with E-state index >= 15 is 0 Å². The Morgan fingerprint density at radius 1 is 0.905 bits per heavy atom. The molecule has 1 fully saturated rings. The van der Waals surface area contributed by atoms with E-state index in [0.29, 0.717) is 25.8 Å². The highest BCUT2D eigenvalue weighted by Gasteiger charge is 2.57. The molecule has 2 aliphatic heterocycles. The minimum absolute atomic E-state index is 0.109. The van der Waals surface area contributed by atoms with E-state index in [4.69, 9.17) is 18.3 Å². The summed E-state index contributed by atoms with van der Waals surface area (Å²) in [6.07, 6.45) is -3.64. The largest absolute Gasteiger partial charge is 0.444 e. The first kappa shape index (κ1) is 52.0. The number of fused-ring (bicyclic) bond motifs is 1. The molecule has 2 aliphatic rings. The van der Waals surface area contributed by atoms with Crippen LogP contribution in [0.5, 0.6) is 0 Å². The normalized spacial score (nSPS) is 21.2. The summed E-state index contributed by atoms with van der Waals surface area (Å²) in [6, 6.07) is 6.84. The zero-order valence-electron chi connectivity index (χ0n) is 40.3. The highest BCUT2D eigenvalue weighted by molar-refractivity contribution is 6.74. The van der Waals surface area contributed by atoms with Gasteiger partial charge in [-0.15, -0.1) is 0 Å². The second kappa shape index (κ2) is 20.2. The monoisotopic (exact) mass is 917 g/mol. The fraction of sp³-hybridized carbons (Fsp3) is 0.711. The molecule has 1 saturated heterocycles. The molecule has 5 N–H and O–H groups in total. The summed E-state index contributed by atoms with van der Waals surface area (Å²) in [6.45, 7) is 30.9. The number of rotatable bonds is 17. The molecule has 1 aromatic carbocycles. The van der Waals surface area contributed by atoms with Gasteiger partial charge in [0, 0.05) is 31.0 Å². The van der Waals surface area contributed by atoms with Gasteiger partial charge < -0.3 is 44.3 Å². The molecule has 0 aliphatic carbocycles. The molecule has 0 saturated carbocycles. The third kappa shape index (κ3) is 13.2. The van der Waals surface area contributed by atoms with Crippen LogP contribution in [0.4, 0.5) is 10.5 Å². The van der Waals surface area contributed by atoms with Crippen LogP contribution in [0.2, 0.25) is 36.3 Å². The summed E-state index contributed by atoms with van der Waals surface area (Å²) in [5, 5.41) is 21.1. The number of alkyl carbamates (subject to hydrolysis) is 1. The lowest BCUT2D eigenvalue weighted by Gasteiger charge is -2.44. The van der Waals surface area contributed by atoms with Gasteiger partial charge >= 0.3 is 11.8 Å². The molecule has 7 atom stereocenters. The molecule has 1 aromatic heterocycles. The Bertz CT molecular complexity index is 2020. The van der Waals surface area contributed by atoms with Gasteiger partial charge in [-0.2, -0.15) is 0 Å². The van der Waals surface area contributed by atoms with Gasteiger partial charge in [0.15, 0.2) is 22.9 Å². The molecule has 0 unspecified atom stereocenters. The maximum absolute atomic E-state index is 14.9. The Hall–Kier alpha value is -3.66. The van der Waals surface area contributed by atoms with Crippen LogP contribution in [-0.4, -0.2) is 111 Å². The minimum Gasteiger partial charge on any atom is -0.444 e. The number of anilines is 1. The number of nitrogens with zero attached hydrogens (tertiary/aromatic N) is 2. The van der Waals surface area contributed by atoms with Crippen LogP contribution in [0.25, 0.3) is 0 Å². The van der Waals surface area contributed by atoms with Gasteiger partial charge in [0.05, 0.1) is 0 Å². The Kier molecular flexibility index (Phi) is 16.7. The minimum atomic E-state index is -2.69. The molecule has 3 amide bonds. The second-order valence-corrected chi connectivity index (χ2v) is 31.0. The van der Waals surface area contributed by atoms with Crippen molar-refractivity contribution in [3.63, 3.8) is 0 Å². The highest BCUT2D eigenvalue weighted by Crippen LogP contribution is 2.46. The van der Waals surface area contributed by atoms with Gasteiger partial charge in [-0.05, 0) is 100 Å². The smallest absolute Gasteiger partial charge is 0.408 e. The number of aromatic nitrogens is 2. The quantitative estimate of drug-likeness (QED) is 0.0982. The number of H-pyrrole nitrogens is 1. The Balaban J connectivity index is 1.71. The van der Waals surface area contributed by atoms with E-state index in [0.717, 1.165) is 11.3 Å². The number of carbonyl (C=O) groups is 3. The number of aromatic amines is 1. The maximum Gasteiger partial charge on any atom is 0.408 e. The van der Waals surface area contributed by atoms with Crippen molar-refractivity contribution in [2.24, 2.45) is 5.92 Å². The fourth-order valence-corrected chi connectivity index (χ4v) is 9.78. The van der Waals surface area contributed by atoms with Crippen LogP contribution in [0.15, 0.2) is 46.1 Å². The zero-order chi connectivity index (χ0) is 47.5. The number of nitrogens with one attached hydrogen (secondary N) is 4. The van der Waals surface area contributed by atoms with E-state index in [1.54, 1.807) is 25.7 Å². The predicted octanol–water partition coefficient (Wildman–Crippen LogP) is 5.57. The fourth-order valence-electron chi connectivity index (χ4n) is 7.20. The Labute approximate surface area is 375 Å². The number of aliphatic hydroxyl groups excluding tert-OH is 1. The van der Waals surface area contributed by atoms with Crippen LogP contribution in [0.3, 0.4) is 0 Å². The molecule has 0 radical (unpaired) electrons. The molecule has 63 heavy (non-hydrogen) atoms. The lowest BCUT2D eigenvalue weighted by Crippen LogP contribution is -2.60. The first-order chi connectivity index (χ1) is 28.9. The summed E-state index contributed by atoms with van der Waals surface area (Å²) >= 11 is 0. The average Bonchev–Trinajstić information content (AvgIpc) is 3.71. The summed E-state index contributed by atoms with van der Waals surface area (Å²) in [7, 11) is -5.34. The van der Waals surface area contributed by atoms with Crippen molar-refractivity contribution in [1.29, 1.82) is 0 Å². The van der Waals surface area contributed by atoms with Gasteiger partial charge in [-0.25, -0.2) is 9.59 Å². The summed E-state index contributed by atoms with van der Waals surface area (Å²) < 4.78 is 27.8. The number of hydrogen-bond acceptors (Lipinski definition) is 11. The lowest BCUT2D eigenvalue weighted by atomic mass is 9.98. The van der Waals surface area contributed by atoms with Crippen LogP contribution in [-0.2, 0) is 34.3 Å². The van der Waals surface area contributed by atoms with Crippen LogP contribution >= 0.6 is 0 Å². The van der Waals surface area contributed by atoms with Gasteiger partial charge in [0.1, 0.15) is 42.1 Å². The highest BCUT2D eigenvalue weighted by atomic mass is 28.4. The molecule has 2 aromatic rings. The van der Waals surface area contributed by atoms with Crippen LogP contribution in [0.1, 0.15) is 101 Å². The van der Waals surface area contributed by atoms with Crippen molar-refractivity contribution in [3.8, 4) is 0 Å². The van der Waals surface area contributed by atoms with E-state index in [-0.39, 0.29) is 40.9 Å². The molecule has 0 spiro atoms. The van der Waals surface area contributed by atoms with E-state index in [9.17, 15) is 29.1 Å². The maximum atomic E-state index is 14.9. The van der Waals surface area contributed by atoms with E-state index in [1.165, 1.54) is 16.8 Å². The third-order valence-electron chi connectivity index (χ3n) is 12.7. The molecular formula is C45H76N6O10Si2. The third-order valence-corrected chi connectivity index (χ3v) is 21.6. The zero-order valence-corrected chi connectivity index (χ0v) is 42.3. The number of aliphatic hydroxyl groups is 1. The summed E-state index contributed by atoms with van der Waals surface area (Å²) in [4.78, 5) is 70.6. The molecule has 18 heteroatoms. The van der Waals surface area contributed by atoms with Crippen molar-refractivity contribution < 1.29 is 37.8 Å². The number of para-hydroxylation sites is 1. The number of hydrogen-bond donors (Lipinski definition) is 5. The summed E-state index contributed by atoms with van der Waals surface area (Å²) in [5.41, 5.74) is -0.260. The Morgan fingerprint density at radius 3 is 2.08 bits per heavy atom. The van der Waals surface area contributed by atoms with E-state index in [2.05, 4.69) is 88.7 Å². The average molecular weight is 917 g/mol. The number of benzene rings is 1. The first-order valence-corrected chi connectivity index (χ1v) is 28.2. The summed E-state index contributed by atoms with van der Waals surface area (Å²) in [5.74, 6) is -0.633. The molecule has 0 bridgehead atoms. The lowest BCUT2D eigenvalue weighted by molar-refractivity contribution is -0.131. The SMILES string of the molecule is CC(C)C[C@H](NC(=O)OC(C)(C)C)C(=O)NCCCN[C@H](C(=O)N1CCc2ccccc21)[C@H](O)[C@H]1O[C@@H](n2ccc(=O)[nH]c2=O)[C@H](O[Si](C)(C)C(C)(C)C)[C@@H]1O[Si](C)(C)C(C)(C)C. The van der Waals surface area contributed by atoms with Gasteiger partial charge in [0.25, 0.3) is 5.56 Å². The number of carbonyl (C=O) groups excluding carboxylic acids is 3. The van der Waals surface area contributed by atoms with Crippen molar-refractivity contribution in [1.82, 2.24) is 25.5 Å². The molecule has 4 rings (SSSR count). The predicted molar refractivity (Wildman–Crippen MR) is 250 cm³/mol. The van der Waals surface area contributed by atoms with Gasteiger partial charge in [-0.3, -0.25) is 23.9 Å². The first-order valence-electron chi connectivity index (χ1n) is 22.3. The Morgan fingerprint density at radius 2 is 1.51 bits per heavy atom. The second-order valence-electron chi connectivity index (χ2n) is 21.5. The van der Waals surface area contributed by atoms with Crippen LogP contribution < -0.4 is 32.1 Å². The topological polar surface area (TPSA) is 203 Å². The molecule has 16 nitrogen and oxygen atoms in total. The van der Waals surface area contributed by atoms with Crippen molar-refractivity contribution in [2.75, 3.05) is 24.5 Å². The molecule has 3 heterocycles. The van der Waals surface area contributed by atoms with E-state index in [1.807, 2.05) is 38.1 Å². The van der Waals surface area contributed by atoms with Gasteiger partial charge in [0.2, 0.25) is 11.8 Å². The van der Waals surface area contributed by atoms with E-state index < -0.39 is 82.3 Å². The van der Waals surface area contributed by atoms with Gasteiger partial charge in [-0.1, -0.05) is 73.6 Å².